The molecule has 0 aromatic heterocycles. The molecule has 0 atom stereocenters. The Labute approximate surface area is 75.1 Å². The van der Waals surface area contributed by atoms with Crippen molar-refractivity contribution in [2.24, 2.45) is 0 Å². The van der Waals surface area contributed by atoms with Crippen LogP contribution in [0.4, 0.5) is 0 Å². The molecule has 9 heteroatoms. The van der Waals surface area contributed by atoms with Gasteiger partial charge in [-0.05, 0) is 0 Å². The summed E-state index contributed by atoms with van der Waals surface area (Å²) < 4.78 is 34.1. The van der Waals surface area contributed by atoms with Crippen LogP contribution in [0.3, 0.4) is 0 Å². The number of rotatable bonds is 0. The van der Waals surface area contributed by atoms with E-state index in [1.807, 2.05) is 0 Å². The van der Waals surface area contributed by atoms with Gasteiger partial charge in [-0.15, -0.1) is 0 Å². The molecular weight excluding hydrogens is 162 g/mol. The van der Waals surface area contributed by atoms with Crippen molar-refractivity contribution in [2.75, 3.05) is 0 Å². The maximum atomic E-state index is 8.52. The number of hydrogen-bond acceptors (Lipinski definition) is 5. The second-order valence-electron chi connectivity index (χ2n) is 0.408. The molecule has 9 heavy (non-hydrogen) atoms. The van der Waals surface area contributed by atoms with E-state index in [0.29, 0.717) is 0 Å². The third-order valence-corrected chi connectivity index (χ3v) is 0. The molecular formula is H3AlLiO6S+. The summed E-state index contributed by atoms with van der Waals surface area (Å²) in [5.74, 6) is 0. The van der Waals surface area contributed by atoms with Gasteiger partial charge in [-0.25, -0.2) is 0 Å². The zero-order chi connectivity index (χ0) is 4.50. The summed E-state index contributed by atoms with van der Waals surface area (Å²) in [7, 11) is -5.17. The molecule has 48 valence electrons. The molecule has 0 saturated carbocycles. The molecule has 0 unspecified atom stereocenters. The van der Waals surface area contributed by atoms with Crippen LogP contribution in [0.25, 0.3) is 0 Å². The van der Waals surface area contributed by atoms with Crippen molar-refractivity contribution < 1.29 is 47.3 Å². The van der Waals surface area contributed by atoms with Gasteiger partial charge in [0.05, 0.1) is 0 Å². The van der Waals surface area contributed by atoms with E-state index in [1.54, 1.807) is 0 Å². The average Bonchev–Trinajstić information content (AvgIpc) is 0.722. The van der Waals surface area contributed by atoms with E-state index >= 15 is 0 Å². The molecule has 0 saturated heterocycles. The van der Waals surface area contributed by atoms with Crippen LogP contribution in [0.2, 0.25) is 0 Å². The van der Waals surface area contributed by atoms with Gasteiger partial charge in [0.1, 0.15) is 0 Å². The van der Waals surface area contributed by atoms with Gasteiger partial charge in [-0.1, -0.05) is 0 Å². The summed E-state index contributed by atoms with van der Waals surface area (Å²) in [5, 5.41) is 0. The van der Waals surface area contributed by atoms with Gasteiger partial charge in [0.15, 0.2) is 0 Å². The molecule has 6 nitrogen and oxygen atoms in total. The first-order chi connectivity index (χ1) is 2.00. The van der Waals surface area contributed by atoms with Crippen molar-refractivity contribution in [3.05, 3.63) is 0 Å². The minimum Gasteiger partial charge on any atom is -0.870 e. The van der Waals surface area contributed by atoms with E-state index in [9.17, 15) is 0 Å². The fourth-order valence-corrected chi connectivity index (χ4v) is 0. The fourth-order valence-electron chi connectivity index (χ4n) is 0. The van der Waals surface area contributed by atoms with Crippen LogP contribution in [-0.2, 0) is 10.4 Å². The van der Waals surface area contributed by atoms with Crippen LogP contribution in [0.15, 0.2) is 0 Å². The molecule has 0 radical (unpaired) electrons. The first-order valence-electron chi connectivity index (χ1n) is 0.667. The summed E-state index contributed by atoms with van der Waals surface area (Å²) in [4.78, 5) is 0. The van der Waals surface area contributed by atoms with E-state index in [1.165, 1.54) is 0 Å². The molecule has 0 fully saturated rings. The van der Waals surface area contributed by atoms with Crippen LogP contribution < -0.4 is 18.9 Å². The molecule has 0 aliphatic rings. The van der Waals surface area contributed by atoms with Gasteiger partial charge in [0.2, 0.25) is 0 Å². The molecule has 0 rings (SSSR count). The van der Waals surface area contributed by atoms with E-state index < -0.39 is 10.4 Å². The van der Waals surface area contributed by atoms with Crippen LogP contribution in [-0.4, -0.2) is 45.8 Å². The van der Waals surface area contributed by atoms with E-state index in [2.05, 4.69) is 0 Å². The molecule has 0 amide bonds. The van der Waals surface area contributed by atoms with Gasteiger partial charge >= 0.3 is 36.2 Å². The van der Waals surface area contributed by atoms with Gasteiger partial charge < -0.3 is 20.1 Å². The second-order valence-corrected chi connectivity index (χ2v) is 1.22. The van der Waals surface area contributed by atoms with Crippen molar-refractivity contribution in [2.45, 2.75) is 0 Å². The summed E-state index contributed by atoms with van der Waals surface area (Å²) >= 11 is 0. The Morgan fingerprint density at radius 2 is 1.11 bits per heavy atom. The topological polar surface area (TPSA) is 142 Å². The molecule has 0 heterocycles. The molecule has 0 aliphatic carbocycles. The van der Waals surface area contributed by atoms with Crippen LogP contribution in [0, 0.1) is 0 Å². The zero-order valence-corrected chi connectivity index (χ0v) is 6.54. The van der Waals surface area contributed by atoms with Crippen molar-refractivity contribution in [1.82, 2.24) is 0 Å². The second kappa shape index (κ2) is 11.7. The molecule has 0 aliphatic heterocycles. The predicted octanol–water partition coefficient (Wildman–Crippen LogP) is -5.72. The molecule has 0 aromatic rings. The molecule has 0 spiro atoms. The molecule has 0 aromatic carbocycles. The predicted molar refractivity (Wildman–Crippen MR) is 21.8 cm³/mol. The molecule has 0 bridgehead atoms. The van der Waals surface area contributed by atoms with Gasteiger partial charge in [-0.3, -0.25) is 8.42 Å². The maximum Gasteiger partial charge on any atom is 3.00 e. The Bertz CT molecular complexity index is 96.2. The van der Waals surface area contributed by atoms with E-state index in [0.717, 1.165) is 0 Å². The van der Waals surface area contributed by atoms with Crippen LogP contribution in [0.5, 0.6) is 0 Å². The average molecular weight is 165 g/mol. The zero-order valence-electron chi connectivity index (χ0n) is 4.57. The van der Waals surface area contributed by atoms with Crippen LogP contribution in [0.1, 0.15) is 0 Å². The Morgan fingerprint density at radius 1 is 1.11 bits per heavy atom. The van der Waals surface area contributed by atoms with Crippen molar-refractivity contribution in [3.8, 4) is 0 Å². The van der Waals surface area contributed by atoms with Gasteiger partial charge in [0, 0.05) is 10.4 Å². The number of hydrogen-bond donors (Lipinski definition) is 0. The third kappa shape index (κ3) is 505. The SMILES string of the molecule is O.O=S(=O)([O-])[O-].[Al+3].[Li+].[OH-]. The summed E-state index contributed by atoms with van der Waals surface area (Å²) in [6.45, 7) is 0. The Balaban J connectivity index is -0.0000000133. The monoisotopic (exact) mass is 165 g/mol. The summed E-state index contributed by atoms with van der Waals surface area (Å²) in [6.07, 6.45) is 0. The normalized spacial score (nSPS) is 6.44. The third-order valence-electron chi connectivity index (χ3n) is 0. The van der Waals surface area contributed by atoms with Gasteiger partial charge in [-0.2, -0.15) is 0 Å². The van der Waals surface area contributed by atoms with Crippen molar-refractivity contribution in [3.63, 3.8) is 0 Å². The Kier molecular flexibility index (Phi) is 42.3. The smallest absolute Gasteiger partial charge is 0.870 e. The maximum absolute atomic E-state index is 8.52. The first kappa shape index (κ1) is 32.6. The first-order valence-corrected chi connectivity index (χ1v) is 2.00. The Morgan fingerprint density at radius 3 is 1.11 bits per heavy atom. The molecule has 3 N–H and O–H groups in total. The Hall–Kier alpha value is 0.920. The van der Waals surface area contributed by atoms with E-state index in [4.69, 9.17) is 17.5 Å². The minimum absolute atomic E-state index is 0. The minimum atomic E-state index is -5.17. The van der Waals surface area contributed by atoms with Crippen LogP contribution >= 0.6 is 0 Å². The standard InChI is InChI=1S/Al.Li.H2O4S.2H2O/c;;1-5(2,3)4;;/h;;(H2,1,2,3,4);2*1H2/q+3;+1;;;/p-3. The van der Waals surface area contributed by atoms with Crippen molar-refractivity contribution in [1.29, 1.82) is 0 Å². The summed E-state index contributed by atoms with van der Waals surface area (Å²) in [5.41, 5.74) is 0. The van der Waals surface area contributed by atoms with Crippen molar-refractivity contribution >= 4 is 27.8 Å². The largest absolute Gasteiger partial charge is 3.00 e. The van der Waals surface area contributed by atoms with Gasteiger partial charge in [0.25, 0.3) is 0 Å². The quantitative estimate of drug-likeness (QED) is 0.199. The fraction of sp³-hybridized carbons (Fsp3) is 0. The van der Waals surface area contributed by atoms with E-state index in [-0.39, 0.29) is 47.2 Å². The summed E-state index contributed by atoms with van der Waals surface area (Å²) in [6, 6.07) is 0.